The molecule has 0 aliphatic rings. The first-order valence-corrected chi connectivity index (χ1v) is 12.6. The van der Waals surface area contributed by atoms with Crippen LogP contribution in [-0.2, 0) is 15.7 Å². The van der Waals surface area contributed by atoms with E-state index in [4.69, 9.17) is 4.74 Å². The van der Waals surface area contributed by atoms with Crippen LogP contribution in [-0.4, -0.2) is 28.4 Å². The van der Waals surface area contributed by atoms with Crippen molar-refractivity contribution >= 4 is 11.9 Å². The highest BCUT2D eigenvalue weighted by molar-refractivity contribution is 5.68. The second-order valence-corrected chi connectivity index (χ2v) is 10.9. The highest BCUT2D eigenvalue weighted by Crippen LogP contribution is 2.41. The van der Waals surface area contributed by atoms with Crippen molar-refractivity contribution in [2.75, 3.05) is 11.9 Å². The first kappa shape index (κ1) is 26.0. The zero-order chi connectivity index (χ0) is 26.5. The summed E-state index contributed by atoms with van der Waals surface area (Å²) >= 11 is 0. The van der Waals surface area contributed by atoms with Crippen LogP contribution in [0.3, 0.4) is 0 Å². The van der Waals surface area contributed by atoms with Gasteiger partial charge in [-0.05, 0) is 37.5 Å². The second kappa shape index (κ2) is 10.5. The Morgan fingerprint density at radius 3 is 1.68 bits per heavy atom. The normalized spacial score (nSPS) is 12.1. The number of aromatic nitrogens is 2. The SMILES string of the molecule is CC(C)(C)OC(=O)NCC(C)(C)c1cn[nH]c1NC(c1ccccc1)(c1ccccc1)c1ccccc1. The summed E-state index contributed by atoms with van der Waals surface area (Å²) in [5.41, 5.74) is 2.54. The molecule has 0 atom stereocenters. The summed E-state index contributed by atoms with van der Waals surface area (Å²) in [6, 6.07) is 31.2. The van der Waals surface area contributed by atoms with Crippen molar-refractivity contribution in [2.24, 2.45) is 0 Å². The molecule has 1 heterocycles. The number of amides is 1. The molecule has 1 amide bonds. The van der Waals surface area contributed by atoms with Crippen molar-refractivity contribution in [2.45, 2.75) is 51.2 Å². The standard InChI is InChI=1S/C31H36N4O2/c1-29(2,3)37-28(36)32-22-30(4,5)26-21-33-35-27(26)34-31(23-15-9-6-10-16-23,24-17-11-7-12-18-24)25-19-13-8-14-20-25/h6-21H,22H2,1-5H3,(H,32,36)(H2,33,34,35). The maximum atomic E-state index is 12.4. The van der Waals surface area contributed by atoms with Gasteiger partial charge in [0.25, 0.3) is 0 Å². The van der Waals surface area contributed by atoms with Crippen LogP contribution in [0.5, 0.6) is 0 Å². The Balaban J connectivity index is 1.77. The summed E-state index contributed by atoms with van der Waals surface area (Å²) in [5, 5.41) is 14.4. The lowest BCUT2D eigenvalue weighted by atomic mass is 9.76. The van der Waals surface area contributed by atoms with Crippen molar-refractivity contribution in [3.63, 3.8) is 0 Å². The van der Waals surface area contributed by atoms with E-state index in [1.54, 1.807) is 0 Å². The van der Waals surface area contributed by atoms with Gasteiger partial charge in [0.15, 0.2) is 0 Å². The number of hydrogen-bond donors (Lipinski definition) is 3. The second-order valence-electron chi connectivity index (χ2n) is 10.9. The van der Waals surface area contributed by atoms with Crippen molar-refractivity contribution in [3.05, 3.63) is 119 Å². The minimum absolute atomic E-state index is 0.380. The number of carbonyl (C=O) groups is 1. The van der Waals surface area contributed by atoms with E-state index in [0.717, 1.165) is 28.1 Å². The van der Waals surface area contributed by atoms with E-state index in [1.807, 2.05) is 45.2 Å². The summed E-state index contributed by atoms with van der Waals surface area (Å²) in [4.78, 5) is 12.4. The summed E-state index contributed by atoms with van der Waals surface area (Å²) in [5.74, 6) is 0.785. The van der Waals surface area contributed by atoms with Gasteiger partial charge in [-0.2, -0.15) is 5.10 Å². The molecule has 0 spiro atoms. The number of nitrogens with zero attached hydrogens (tertiary/aromatic N) is 1. The molecule has 37 heavy (non-hydrogen) atoms. The molecular formula is C31H36N4O2. The average molecular weight is 497 g/mol. The van der Waals surface area contributed by atoms with Gasteiger partial charge >= 0.3 is 6.09 Å². The van der Waals surface area contributed by atoms with E-state index in [1.165, 1.54) is 0 Å². The summed E-state index contributed by atoms with van der Waals surface area (Å²) in [6.07, 6.45) is 1.39. The Labute approximate surface area is 219 Å². The largest absolute Gasteiger partial charge is 0.444 e. The zero-order valence-corrected chi connectivity index (χ0v) is 22.2. The smallest absolute Gasteiger partial charge is 0.407 e. The zero-order valence-electron chi connectivity index (χ0n) is 22.2. The van der Waals surface area contributed by atoms with Gasteiger partial charge in [-0.25, -0.2) is 4.79 Å². The Hall–Kier alpha value is -4.06. The van der Waals surface area contributed by atoms with Crippen LogP contribution in [0.25, 0.3) is 0 Å². The molecule has 0 bridgehead atoms. The molecule has 4 aromatic rings. The lowest BCUT2D eigenvalue weighted by molar-refractivity contribution is 0.0517. The molecule has 3 N–H and O–H groups in total. The van der Waals surface area contributed by atoms with E-state index >= 15 is 0 Å². The van der Waals surface area contributed by atoms with Gasteiger partial charge in [0.1, 0.15) is 17.0 Å². The number of rotatable bonds is 8. The number of H-pyrrole nitrogens is 1. The van der Waals surface area contributed by atoms with Crippen LogP contribution in [0.2, 0.25) is 0 Å². The molecule has 0 unspecified atom stereocenters. The highest BCUT2D eigenvalue weighted by atomic mass is 16.6. The molecule has 4 rings (SSSR count). The van der Waals surface area contributed by atoms with E-state index in [0.29, 0.717) is 6.54 Å². The van der Waals surface area contributed by atoms with Gasteiger partial charge in [0.05, 0.1) is 6.20 Å². The third-order valence-electron chi connectivity index (χ3n) is 6.37. The van der Waals surface area contributed by atoms with E-state index in [9.17, 15) is 4.79 Å². The minimum Gasteiger partial charge on any atom is -0.444 e. The number of ether oxygens (including phenoxy) is 1. The molecule has 1 aromatic heterocycles. The molecule has 0 radical (unpaired) electrons. The minimum atomic E-state index is -0.695. The number of hydrogen-bond acceptors (Lipinski definition) is 4. The summed E-state index contributed by atoms with van der Waals surface area (Å²) < 4.78 is 5.45. The van der Waals surface area contributed by atoms with Crippen molar-refractivity contribution in [1.29, 1.82) is 0 Å². The van der Waals surface area contributed by atoms with Crippen LogP contribution in [0, 0.1) is 0 Å². The molecule has 192 valence electrons. The van der Waals surface area contributed by atoms with Crippen LogP contribution in [0.15, 0.2) is 97.2 Å². The fourth-order valence-corrected chi connectivity index (χ4v) is 4.57. The number of carbonyl (C=O) groups excluding carboxylic acids is 1. The third-order valence-corrected chi connectivity index (χ3v) is 6.37. The van der Waals surface area contributed by atoms with Gasteiger partial charge in [0.2, 0.25) is 0 Å². The quantitative estimate of drug-likeness (QED) is 0.240. The van der Waals surface area contributed by atoms with Gasteiger partial charge in [-0.3, -0.25) is 5.10 Å². The average Bonchev–Trinajstić information content (AvgIpc) is 3.36. The Bertz CT molecular complexity index is 1200. The van der Waals surface area contributed by atoms with Crippen molar-refractivity contribution in [1.82, 2.24) is 15.5 Å². The molecule has 0 saturated carbocycles. The molecular weight excluding hydrogens is 460 g/mol. The van der Waals surface area contributed by atoms with E-state index in [-0.39, 0.29) is 0 Å². The highest BCUT2D eigenvalue weighted by Gasteiger charge is 2.38. The number of anilines is 1. The number of benzene rings is 3. The number of alkyl carbamates (subject to hydrolysis) is 1. The van der Waals surface area contributed by atoms with Crippen molar-refractivity contribution < 1.29 is 9.53 Å². The van der Waals surface area contributed by atoms with Gasteiger partial charge in [0, 0.05) is 17.5 Å². The summed E-state index contributed by atoms with van der Waals surface area (Å²) in [7, 11) is 0. The maximum absolute atomic E-state index is 12.4. The number of aromatic amines is 1. The predicted molar refractivity (Wildman–Crippen MR) is 149 cm³/mol. The maximum Gasteiger partial charge on any atom is 0.407 e. The predicted octanol–water partition coefficient (Wildman–Crippen LogP) is 6.62. The fourth-order valence-electron chi connectivity index (χ4n) is 4.57. The van der Waals surface area contributed by atoms with Crippen LogP contribution in [0.4, 0.5) is 10.6 Å². The molecule has 0 saturated heterocycles. The van der Waals surface area contributed by atoms with Gasteiger partial charge < -0.3 is 15.4 Å². The lowest BCUT2D eigenvalue weighted by Gasteiger charge is -2.38. The number of nitrogens with one attached hydrogen (secondary N) is 3. The topological polar surface area (TPSA) is 79.0 Å². The Morgan fingerprint density at radius 1 is 0.784 bits per heavy atom. The molecule has 6 heteroatoms. The first-order valence-electron chi connectivity index (χ1n) is 12.6. The fraction of sp³-hybridized carbons (Fsp3) is 0.290. The molecule has 0 fully saturated rings. The monoisotopic (exact) mass is 496 g/mol. The molecule has 3 aromatic carbocycles. The Kier molecular flexibility index (Phi) is 7.39. The van der Waals surface area contributed by atoms with Gasteiger partial charge in [-0.15, -0.1) is 0 Å². The lowest BCUT2D eigenvalue weighted by Crippen LogP contribution is -2.41. The molecule has 6 nitrogen and oxygen atoms in total. The Morgan fingerprint density at radius 2 is 1.24 bits per heavy atom. The van der Waals surface area contributed by atoms with Gasteiger partial charge in [-0.1, -0.05) is 105 Å². The van der Waals surface area contributed by atoms with E-state index < -0.39 is 22.6 Å². The van der Waals surface area contributed by atoms with E-state index in [2.05, 4.69) is 107 Å². The van der Waals surface area contributed by atoms with Crippen molar-refractivity contribution in [3.8, 4) is 0 Å². The molecule has 0 aliphatic carbocycles. The van der Waals surface area contributed by atoms with Crippen LogP contribution >= 0.6 is 0 Å². The van der Waals surface area contributed by atoms with Crippen LogP contribution in [0.1, 0.15) is 56.9 Å². The summed E-state index contributed by atoms with van der Waals surface area (Å²) in [6.45, 7) is 10.1. The molecule has 0 aliphatic heterocycles. The first-order chi connectivity index (χ1) is 17.6. The van der Waals surface area contributed by atoms with Crippen LogP contribution < -0.4 is 10.6 Å². The third kappa shape index (κ3) is 5.85.